The molecule has 0 aliphatic heterocycles. The van der Waals surface area contributed by atoms with Crippen molar-refractivity contribution in [3.05, 3.63) is 92.5 Å². The maximum atomic E-state index is 12.8. The molecule has 0 saturated heterocycles. The highest BCUT2D eigenvalue weighted by atomic mass is 35.5. The van der Waals surface area contributed by atoms with Crippen molar-refractivity contribution in [2.24, 2.45) is 0 Å². The van der Waals surface area contributed by atoms with Crippen LogP contribution in [0.15, 0.2) is 66.2 Å². The first-order valence-corrected chi connectivity index (χ1v) is 10.5. The van der Waals surface area contributed by atoms with Gasteiger partial charge in [-0.2, -0.15) is 5.26 Å². The smallest absolute Gasteiger partial charge is 0.296 e. The van der Waals surface area contributed by atoms with E-state index in [1.807, 2.05) is 12.1 Å². The highest BCUT2D eigenvalue weighted by Gasteiger charge is 2.20. The first kappa shape index (κ1) is 25.1. The summed E-state index contributed by atoms with van der Waals surface area (Å²) >= 11 is 6.03. The van der Waals surface area contributed by atoms with Crippen LogP contribution < -0.4 is 19.5 Å². The van der Waals surface area contributed by atoms with Crippen molar-refractivity contribution in [1.82, 2.24) is 0 Å². The van der Waals surface area contributed by atoms with Gasteiger partial charge in [0, 0.05) is 10.6 Å². The van der Waals surface area contributed by atoms with E-state index in [4.69, 9.17) is 25.8 Å². The van der Waals surface area contributed by atoms with Crippen molar-refractivity contribution in [1.29, 1.82) is 5.26 Å². The van der Waals surface area contributed by atoms with Gasteiger partial charge in [-0.05, 0) is 42.0 Å². The minimum Gasteiger partial charge on any atom is -0.496 e. The number of benzene rings is 3. The summed E-state index contributed by atoms with van der Waals surface area (Å²) in [5.41, 5.74) is 0.466. The Kier molecular flexibility index (Phi) is 8.27. The maximum absolute atomic E-state index is 12.8. The number of halogens is 1. The van der Waals surface area contributed by atoms with Gasteiger partial charge in [-0.1, -0.05) is 35.9 Å². The standard InChI is InChI=1S/C25H20ClN3O6/c1-33-20-9-10-21(22(13-20)29(31)32)28-25(30)18(14-27)12-17-6-4-8-23(34-2)24(17)35-15-16-5-3-7-19(26)11-16/h3-13H,15H2,1-2H3,(H,28,30)/b18-12+. The largest absolute Gasteiger partial charge is 0.496 e. The number of hydrogen-bond acceptors (Lipinski definition) is 7. The molecule has 178 valence electrons. The van der Waals surface area contributed by atoms with Crippen LogP contribution in [0.25, 0.3) is 6.08 Å². The molecule has 1 N–H and O–H groups in total. The molecule has 3 aromatic carbocycles. The van der Waals surface area contributed by atoms with E-state index in [0.29, 0.717) is 22.1 Å². The molecule has 0 atom stereocenters. The van der Waals surface area contributed by atoms with Crippen molar-refractivity contribution < 1.29 is 23.9 Å². The van der Waals surface area contributed by atoms with E-state index in [-0.39, 0.29) is 29.3 Å². The third kappa shape index (κ3) is 6.28. The lowest BCUT2D eigenvalue weighted by atomic mass is 10.1. The Hall–Kier alpha value is -4.55. The summed E-state index contributed by atoms with van der Waals surface area (Å²) in [6.07, 6.45) is 1.32. The molecule has 0 spiro atoms. The predicted octanol–water partition coefficient (Wildman–Crippen LogP) is 5.39. The molecule has 3 rings (SSSR count). The van der Waals surface area contributed by atoms with E-state index >= 15 is 0 Å². The average molecular weight is 494 g/mol. The quantitative estimate of drug-likeness (QED) is 0.183. The number of nitriles is 1. The van der Waals surface area contributed by atoms with Crippen LogP contribution in [-0.2, 0) is 11.4 Å². The summed E-state index contributed by atoms with van der Waals surface area (Å²) in [5, 5.41) is 24.0. The Labute approximate surface area is 206 Å². The minimum absolute atomic E-state index is 0.0787. The van der Waals surface area contributed by atoms with Crippen molar-refractivity contribution in [2.75, 3.05) is 19.5 Å². The number of carbonyl (C=O) groups is 1. The molecule has 0 bridgehead atoms. The maximum Gasteiger partial charge on any atom is 0.296 e. The van der Waals surface area contributed by atoms with E-state index in [9.17, 15) is 20.2 Å². The number of carbonyl (C=O) groups excluding carboxylic acids is 1. The Morgan fingerprint density at radius 1 is 1.14 bits per heavy atom. The van der Waals surface area contributed by atoms with Gasteiger partial charge in [-0.25, -0.2) is 0 Å². The van der Waals surface area contributed by atoms with Crippen LogP contribution in [0.2, 0.25) is 5.02 Å². The average Bonchev–Trinajstić information content (AvgIpc) is 2.86. The highest BCUT2D eigenvalue weighted by Crippen LogP contribution is 2.34. The van der Waals surface area contributed by atoms with Gasteiger partial charge in [0.05, 0.1) is 25.2 Å². The molecule has 0 unspecified atom stereocenters. The lowest BCUT2D eigenvalue weighted by molar-refractivity contribution is -0.384. The topological polar surface area (TPSA) is 124 Å². The summed E-state index contributed by atoms with van der Waals surface area (Å²) in [7, 11) is 2.84. The summed E-state index contributed by atoms with van der Waals surface area (Å²) in [4.78, 5) is 23.6. The number of para-hydroxylation sites is 1. The Bertz CT molecular complexity index is 1330. The number of rotatable bonds is 9. The second-order valence-corrected chi connectivity index (χ2v) is 7.50. The van der Waals surface area contributed by atoms with Crippen LogP contribution >= 0.6 is 11.6 Å². The van der Waals surface area contributed by atoms with Crippen molar-refractivity contribution >= 4 is 35.0 Å². The zero-order valence-electron chi connectivity index (χ0n) is 18.8. The molecular formula is C25H20ClN3O6. The van der Waals surface area contributed by atoms with Gasteiger partial charge in [0.1, 0.15) is 29.7 Å². The van der Waals surface area contributed by atoms with Gasteiger partial charge < -0.3 is 19.5 Å². The van der Waals surface area contributed by atoms with Crippen LogP contribution in [0.1, 0.15) is 11.1 Å². The molecule has 0 fully saturated rings. The first-order chi connectivity index (χ1) is 16.9. The fourth-order valence-electron chi connectivity index (χ4n) is 3.13. The zero-order chi connectivity index (χ0) is 25.4. The Morgan fingerprint density at radius 2 is 1.91 bits per heavy atom. The van der Waals surface area contributed by atoms with Crippen LogP contribution in [0, 0.1) is 21.4 Å². The van der Waals surface area contributed by atoms with Crippen LogP contribution in [0.3, 0.4) is 0 Å². The molecular weight excluding hydrogens is 474 g/mol. The number of hydrogen-bond donors (Lipinski definition) is 1. The van der Waals surface area contributed by atoms with Gasteiger partial charge in [0.2, 0.25) is 0 Å². The second-order valence-electron chi connectivity index (χ2n) is 7.06. The molecule has 0 heterocycles. The number of nitrogens with zero attached hydrogens (tertiary/aromatic N) is 2. The van der Waals surface area contributed by atoms with E-state index in [1.165, 1.54) is 38.5 Å². The van der Waals surface area contributed by atoms with E-state index in [0.717, 1.165) is 5.56 Å². The van der Waals surface area contributed by atoms with Gasteiger partial charge in [-0.3, -0.25) is 14.9 Å². The van der Waals surface area contributed by atoms with Gasteiger partial charge in [0.25, 0.3) is 11.6 Å². The first-order valence-electron chi connectivity index (χ1n) is 10.2. The summed E-state index contributed by atoms with van der Waals surface area (Å²) < 4.78 is 16.3. The number of amides is 1. The summed E-state index contributed by atoms with van der Waals surface area (Å²) in [5.74, 6) is 0.128. The molecule has 0 aliphatic carbocycles. The molecule has 3 aromatic rings. The van der Waals surface area contributed by atoms with Crippen molar-refractivity contribution in [3.63, 3.8) is 0 Å². The number of ether oxygens (including phenoxy) is 3. The van der Waals surface area contributed by atoms with E-state index < -0.39 is 10.8 Å². The Morgan fingerprint density at radius 3 is 2.57 bits per heavy atom. The summed E-state index contributed by atoms with van der Waals surface area (Å²) in [6, 6.07) is 17.9. The summed E-state index contributed by atoms with van der Waals surface area (Å²) in [6.45, 7) is 0.161. The molecule has 35 heavy (non-hydrogen) atoms. The zero-order valence-corrected chi connectivity index (χ0v) is 19.5. The van der Waals surface area contributed by atoms with Crippen molar-refractivity contribution in [3.8, 4) is 23.3 Å². The monoisotopic (exact) mass is 493 g/mol. The van der Waals surface area contributed by atoms with Crippen molar-refractivity contribution in [2.45, 2.75) is 6.61 Å². The number of nitro benzene ring substituents is 1. The fourth-order valence-corrected chi connectivity index (χ4v) is 3.35. The number of anilines is 1. The molecule has 0 saturated carbocycles. The molecule has 0 aromatic heterocycles. The number of nitrogens with one attached hydrogen (secondary N) is 1. The third-order valence-corrected chi connectivity index (χ3v) is 5.05. The predicted molar refractivity (Wildman–Crippen MR) is 131 cm³/mol. The lowest BCUT2D eigenvalue weighted by Gasteiger charge is -2.14. The highest BCUT2D eigenvalue weighted by molar-refractivity contribution is 6.30. The lowest BCUT2D eigenvalue weighted by Crippen LogP contribution is -2.14. The molecule has 1 amide bonds. The number of methoxy groups -OCH3 is 2. The van der Waals surface area contributed by atoms with Gasteiger partial charge in [-0.15, -0.1) is 0 Å². The van der Waals surface area contributed by atoms with Gasteiger partial charge >= 0.3 is 0 Å². The minimum atomic E-state index is -0.829. The normalized spacial score (nSPS) is 10.7. The van der Waals surface area contributed by atoms with E-state index in [1.54, 1.807) is 36.4 Å². The number of nitro groups is 1. The third-order valence-electron chi connectivity index (χ3n) is 4.82. The van der Waals surface area contributed by atoms with E-state index in [2.05, 4.69) is 5.32 Å². The molecule has 0 radical (unpaired) electrons. The van der Waals surface area contributed by atoms with Crippen LogP contribution in [0.5, 0.6) is 17.2 Å². The van der Waals surface area contributed by atoms with Crippen LogP contribution in [-0.4, -0.2) is 25.1 Å². The Balaban J connectivity index is 1.91. The fraction of sp³-hybridized carbons (Fsp3) is 0.120. The molecule has 0 aliphatic rings. The van der Waals surface area contributed by atoms with Gasteiger partial charge in [0.15, 0.2) is 11.5 Å². The molecule has 10 heteroatoms. The molecule has 9 nitrogen and oxygen atoms in total. The van der Waals surface area contributed by atoms with Crippen LogP contribution in [0.4, 0.5) is 11.4 Å². The SMILES string of the molecule is COc1ccc(NC(=O)/C(C#N)=C/c2cccc(OC)c2OCc2cccc(Cl)c2)c([N+](=O)[O-])c1. The second kappa shape index (κ2) is 11.5.